The van der Waals surface area contributed by atoms with Crippen molar-refractivity contribution < 1.29 is 8.81 Å². The van der Waals surface area contributed by atoms with Crippen molar-refractivity contribution in [3.63, 3.8) is 0 Å². The zero-order valence-corrected chi connectivity index (χ0v) is 10.6. The van der Waals surface area contributed by atoms with Crippen molar-refractivity contribution in [1.29, 1.82) is 0 Å². The first-order valence-corrected chi connectivity index (χ1v) is 6.39. The van der Waals surface area contributed by atoms with Gasteiger partial charge in [0.25, 0.3) is 0 Å². The second-order valence-electron chi connectivity index (χ2n) is 4.94. The van der Waals surface area contributed by atoms with Crippen LogP contribution in [0.3, 0.4) is 0 Å². The van der Waals surface area contributed by atoms with Crippen LogP contribution in [0.15, 0.2) is 34.9 Å². The van der Waals surface area contributed by atoms with E-state index in [0.717, 1.165) is 31.7 Å². The van der Waals surface area contributed by atoms with Crippen LogP contribution in [-0.4, -0.2) is 29.0 Å². The predicted octanol–water partition coefficient (Wildman–Crippen LogP) is 2.01. The third kappa shape index (κ3) is 2.83. The number of hydrogen-bond acceptors (Lipinski definition) is 4. The van der Waals surface area contributed by atoms with Crippen LogP contribution in [0, 0.1) is 5.82 Å². The van der Waals surface area contributed by atoms with E-state index < -0.39 is 0 Å². The quantitative estimate of drug-likeness (QED) is 0.918. The van der Waals surface area contributed by atoms with Gasteiger partial charge in [-0.15, -0.1) is 0 Å². The van der Waals surface area contributed by atoms with E-state index in [1.54, 1.807) is 18.4 Å². The van der Waals surface area contributed by atoms with Crippen molar-refractivity contribution in [2.24, 2.45) is 5.73 Å². The van der Waals surface area contributed by atoms with Gasteiger partial charge in [-0.3, -0.25) is 4.90 Å². The van der Waals surface area contributed by atoms with Crippen molar-refractivity contribution in [2.45, 2.75) is 19.0 Å². The Labute approximate surface area is 111 Å². The molecule has 0 bridgehead atoms. The molecule has 2 N–H and O–H groups in total. The molecule has 100 valence electrons. The fourth-order valence-corrected chi connectivity index (χ4v) is 2.37. The zero-order chi connectivity index (χ0) is 13.2. The number of rotatable bonds is 3. The van der Waals surface area contributed by atoms with E-state index in [0.29, 0.717) is 11.5 Å². The van der Waals surface area contributed by atoms with Crippen LogP contribution in [0.25, 0.3) is 11.5 Å². The number of nitrogens with two attached hydrogens (primary N) is 1. The van der Waals surface area contributed by atoms with Crippen LogP contribution in [-0.2, 0) is 6.54 Å². The Morgan fingerprint density at radius 1 is 1.47 bits per heavy atom. The van der Waals surface area contributed by atoms with Crippen LogP contribution in [0.4, 0.5) is 4.39 Å². The summed E-state index contributed by atoms with van der Waals surface area (Å²) < 4.78 is 18.5. The van der Waals surface area contributed by atoms with Gasteiger partial charge in [-0.05, 0) is 24.6 Å². The third-order valence-corrected chi connectivity index (χ3v) is 3.32. The molecule has 19 heavy (non-hydrogen) atoms. The molecule has 5 heteroatoms. The number of halogens is 1. The van der Waals surface area contributed by atoms with Crippen molar-refractivity contribution in [3.8, 4) is 11.5 Å². The molecule has 1 atom stereocenters. The fourth-order valence-electron chi connectivity index (χ4n) is 2.37. The maximum atomic E-state index is 13.1. The van der Waals surface area contributed by atoms with E-state index in [2.05, 4.69) is 9.88 Å². The highest BCUT2D eigenvalue weighted by Gasteiger charge is 2.20. The predicted molar refractivity (Wildman–Crippen MR) is 69.8 cm³/mol. The SMILES string of the molecule is NC1CCN(Cc2coc(-c3cccc(F)c3)n2)C1. The summed E-state index contributed by atoms with van der Waals surface area (Å²) in [6.45, 7) is 2.61. The van der Waals surface area contributed by atoms with E-state index in [1.165, 1.54) is 12.1 Å². The van der Waals surface area contributed by atoms with Gasteiger partial charge in [0.2, 0.25) is 5.89 Å². The van der Waals surface area contributed by atoms with E-state index in [4.69, 9.17) is 10.2 Å². The largest absolute Gasteiger partial charge is 0.444 e. The molecule has 1 aliphatic rings. The Morgan fingerprint density at radius 3 is 3.11 bits per heavy atom. The van der Waals surface area contributed by atoms with Crippen LogP contribution in [0.5, 0.6) is 0 Å². The van der Waals surface area contributed by atoms with E-state index >= 15 is 0 Å². The minimum Gasteiger partial charge on any atom is -0.444 e. The Hall–Kier alpha value is -1.72. The highest BCUT2D eigenvalue weighted by atomic mass is 19.1. The molecule has 0 aliphatic carbocycles. The van der Waals surface area contributed by atoms with Crippen molar-refractivity contribution in [2.75, 3.05) is 13.1 Å². The average Bonchev–Trinajstić information content (AvgIpc) is 2.99. The van der Waals surface area contributed by atoms with Gasteiger partial charge in [-0.25, -0.2) is 9.37 Å². The van der Waals surface area contributed by atoms with Gasteiger partial charge >= 0.3 is 0 Å². The Kier molecular flexibility index (Phi) is 3.31. The molecule has 1 aromatic carbocycles. The molecule has 0 saturated carbocycles. The molecule has 1 aromatic heterocycles. The molecule has 3 rings (SSSR count). The first-order chi connectivity index (χ1) is 9.20. The first-order valence-electron chi connectivity index (χ1n) is 6.39. The summed E-state index contributed by atoms with van der Waals surface area (Å²) in [6.07, 6.45) is 2.65. The molecular formula is C14H16FN3O. The highest BCUT2D eigenvalue weighted by molar-refractivity contribution is 5.52. The minimum atomic E-state index is -0.289. The number of likely N-dealkylation sites (tertiary alicyclic amines) is 1. The van der Waals surface area contributed by atoms with Crippen molar-refractivity contribution >= 4 is 0 Å². The van der Waals surface area contributed by atoms with Gasteiger partial charge in [0, 0.05) is 31.2 Å². The lowest BCUT2D eigenvalue weighted by Crippen LogP contribution is -2.26. The second-order valence-corrected chi connectivity index (χ2v) is 4.94. The van der Waals surface area contributed by atoms with E-state index in [9.17, 15) is 4.39 Å². The van der Waals surface area contributed by atoms with Crippen LogP contribution in [0.2, 0.25) is 0 Å². The molecule has 1 saturated heterocycles. The minimum absolute atomic E-state index is 0.259. The van der Waals surface area contributed by atoms with Gasteiger partial charge < -0.3 is 10.2 Å². The van der Waals surface area contributed by atoms with Gasteiger partial charge in [-0.2, -0.15) is 0 Å². The Balaban J connectivity index is 1.73. The van der Waals surface area contributed by atoms with Gasteiger partial charge in [-0.1, -0.05) is 6.07 Å². The smallest absolute Gasteiger partial charge is 0.226 e. The van der Waals surface area contributed by atoms with Crippen LogP contribution in [0.1, 0.15) is 12.1 Å². The molecule has 2 aromatic rings. The summed E-state index contributed by atoms with van der Waals surface area (Å²) in [5, 5.41) is 0. The topological polar surface area (TPSA) is 55.3 Å². The number of aromatic nitrogens is 1. The summed E-state index contributed by atoms with van der Waals surface area (Å²) in [5.41, 5.74) is 7.38. The summed E-state index contributed by atoms with van der Waals surface area (Å²) in [5.74, 6) is 0.167. The second kappa shape index (κ2) is 5.11. The highest BCUT2D eigenvalue weighted by Crippen LogP contribution is 2.20. The van der Waals surface area contributed by atoms with Crippen molar-refractivity contribution in [3.05, 3.63) is 42.0 Å². The molecule has 0 spiro atoms. The molecule has 4 nitrogen and oxygen atoms in total. The molecule has 0 radical (unpaired) electrons. The van der Waals surface area contributed by atoms with Crippen molar-refractivity contribution in [1.82, 2.24) is 9.88 Å². The summed E-state index contributed by atoms with van der Waals surface area (Å²) in [4.78, 5) is 6.64. The lowest BCUT2D eigenvalue weighted by atomic mass is 10.2. The molecule has 1 fully saturated rings. The number of hydrogen-bond donors (Lipinski definition) is 1. The average molecular weight is 261 g/mol. The number of oxazole rings is 1. The molecular weight excluding hydrogens is 245 g/mol. The normalized spacial score (nSPS) is 20.0. The molecule has 1 aliphatic heterocycles. The lowest BCUT2D eigenvalue weighted by Gasteiger charge is -2.12. The summed E-state index contributed by atoms with van der Waals surface area (Å²) in [6, 6.07) is 6.51. The molecule has 1 unspecified atom stereocenters. The van der Waals surface area contributed by atoms with Crippen LogP contribution < -0.4 is 5.73 Å². The van der Waals surface area contributed by atoms with Gasteiger partial charge in [0.15, 0.2) is 0 Å². The Morgan fingerprint density at radius 2 is 2.37 bits per heavy atom. The Bertz CT molecular complexity index is 569. The molecule has 2 heterocycles. The third-order valence-electron chi connectivity index (χ3n) is 3.32. The molecule has 0 amide bonds. The summed E-state index contributed by atoms with van der Waals surface area (Å²) >= 11 is 0. The van der Waals surface area contributed by atoms with Crippen LogP contribution >= 0.6 is 0 Å². The summed E-state index contributed by atoms with van der Waals surface area (Å²) in [7, 11) is 0. The fraction of sp³-hybridized carbons (Fsp3) is 0.357. The van der Waals surface area contributed by atoms with Gasteiger partial charge in [0.1, 0.15) is 12.1 Å². The lowest BCUT2D eigenvalue weighted by molar-refractivity contribution is 0.322. The maximum absolute atomic E-state index is 13.1. The maximum Gasteiger partial charge on any atom is 0.226 e. The number of benzene rings is 1. The van der Waals surface area contributed by atoms with Gasteiger partial charge in [0.05, 0.1) is 5.69 Å². The van der Waals surface area contributed by atoms with E-state index in [-0.39, 0.29) is 11.9 Å². The standard InChI is InChI=1S/C14H16FN3O/c15-11-3-1-2-10(6-11)14-17-13(9-19-14)8-18-5-4-12(16)7-18/h1-3,6,9,12H,4-5,7-8,16H2. The number of nitrogens with zero attached hydrogens (tertiary/aromatic N) is 2. The monoisotopic (exact) mass is 261 g/mol. The zero-order valence-electron chi connectivity index (χ0n) is 10.6. The first kappa shape index (κ1) is 12.3. The van der Waals surface area contributed by atoms with E-state index in [1.807, 2.05) is 0 Å².